The second-order valence-corrected chi connectivity index (χ2v) is 10.3. The third kappa shape index (κ3) is 4.51. The van der Waals surface area contributed by atoms with Crippen LogP contribution < -0.4 is 9.46 Å². The fraction of sp³-hybridized carbons (Fsp3) is 0.200. The average Bonchev–Trinajstić information content (AvgIpc) is 3.32. The van der Waals surface area contributed by atoms with Crippen molar-refractivity contribution < 1.29 is 13.2 Å². The quantitative estimate of drug-likeness (QED) is 0.304. The number of ether oxygens (including phenoxy) is 1. The van der Waals surface area contributed by atoms with E-state index in [0.717, 1.165) is 10.9 Å². The van der Waals surface area contributed by atoms with E-state index < -0.39 is 16.1 Å². The van der Waals surface area contributed by atoms with E-state index in [4.69, 9.17) is 27.9 Å². The van der Waals surface area contributed by atoms with Crippen LogP contribution in [0.1, 0.15) is 25.7 Å². The summed E-state index contributed by atoms with van der Waals surface area (Å²) < 4.78 is 36.7. The summed E-state index contributed by atoms with van der Waals surface area (Å²) in [7, 11) is -4.04. The smallest absolute Gasteiger partial charge is 0.322 e. The molecule has 4 rings (SSSR count). The molecule has 168 valence electrons. The summed E-state index contributed by atoms with van der Waals surface area (Å²) in [5.41, 5.74) is 0.926. The number of sulfonamides is 1. The first-order chi connectivity index (χ1) is 15.2. The number of halogens is 3. The van der Waals surface area contributed by atoms with E-state index in [-0.39, 0.29) is 21.0 Å². The molecule has 2 aromatic heterocycles. The fourth-order valence-electron chi connectivity index (χ4n) is 3.32. The average molecular weight is 559 g/mol. The number of hydrogen-bond acceptors (Lipinski definition) is 5. The normalized spacial score (nSPS) is 12.9. The van der Waals surface area contributed by atoms with Crippen molar-refractivity contribution in [3.63, 3.8) is 0 Å². The van der Waals surface area contributed by atoms with Gasteiger partial charge in [0, 0.05) is 28.8 Å². The van der Waals surface area contributed by atoms with E-state index in [9.17, 15) is 8.42 Å². The first kappa shape index (κ1) is 23.1. The van der Waals surface area contributed by atoms with E-state index in [1.807, 2.05) is 37.4 Å². The largest absolute Gasteiger partial charge is 0.424 e. The lowest BCUT2D eigenvalue weighted by molar-refractivity contribution is 0.408. The maximum Gasteiger partial charge on any atom is 0.322 e. The molecule has 0 bridgehead atoms. The van der Waals surface area contributed by atoms with Crippen LogP contribution in [0.2, 0.25) is 10.0 Å². The first-order valence-corrected chi connectivity index (χ1v) is 12.6. The van der Waals surface area contributed by atoms with Crippen LogP contribution in [-0.4, -0.2) is 28.2 Å². The molecule has 2 aromatic carbocycles. The van der Waals surface area contributed by atoms with Crippen molar-refractivity contribution in [1.29, 1.82) is 0 Å². The molecule has 0 unspecified atom stereocenters. The van der Waals surface area contributed by atoms with Crippen LogP contribution >= 0.6 is 39.1 Å². The molecule has 32 heavy (non-hydrogen) atoms. The SMILES string of the molecule is CCn1c(Oc2ccc3cc[nH]c3c2)nnc1[C@@H](C)NS(=O)(=O)c1c(Cl)cc(Br)cc1Cl. The van der Waals surface area contributed by atoms with Crippen molar-refractivity contribution in [3.05, 3.63) is 62.9 Å². The zero-order valence-corrected chi connectivity index (χ0v) is 20.8. The Kier molecular flexibility index (Phi) is 6.51. The third-order valence-electron chi connectivity index (χ3n) is 4.75. The number of H-pyrrole nitrogens is 1. The highest BCUT2D eigenvalue weighted by molar-refractivity contribution is 9.10. The van der Waals surface area contributed by atoms with Gasteiger partial charge in [-0.3, -0.25) is 4.57 Å². The Balaban J connectivity index is 1.60. The summed E-state index contributed by atoms with van der Waals surface area (Å²) in [5, 5.41) is 9.33. The van der Waals surface area contributed by atoms with Crippen LogP contribution in [0.5, 0.6) is 11.8 Å². The van der Waals surface area contributed by atoms with Gasteiger partial charge >= 0.3 is 6.01 Å². The van der Waals surface area contributed by atoms with Gasteiger partial charge in [-0.05, 0) is 49.6 Å². The molecule has 0 saturated carbocycles. The molecule has 4 aromatic rings. The van der Waals surface area contributed by atoms with Gasteiger partial charge in [-0.1, -0.05) is 44.2 Å². The van der Waals surface area contributed by atoms with Crippen LogP contribution in [0, 0.1) is 0 Å². The molecule has 0 fully saturated rings. The van der Waals surface area contributed by atoms with E-state index in [1.165, 1.54) is 12.1 Å². The molecule has 0 aliphatic rings. The minimum atomic E-state index is -4.04. The Bertz CT molecular complexity index is 1380. The summed E-state index contributed by atoms with van der Waals surface area (Å²) in [6.07, 6.45) is 1.85. The number of fused-ring (bicyclic) bond motifs is 1. The summed E-state index contributed by atoms with van der Waals surface area (Å²) in [6.45, 7) is 4.01. The van der Waals surface area contributed by atoms with Crippen molar-refractivity contribution in [1.82, 2.24) is 24.5 Å². The molecule has 2 N–H and O–H groups in total. The zero-order chi connectivity index (χ0) is 23.0. The maximum absolute atomic E-state index is 13.0. The van der Waals surface area contributed by atoms with Crippen LogP contribution in [0.4, 0.5) is 0 Å². The highest BCUT2D eigenvalue weighted by Gasteiger charge is 2.27. The summed E-state index contributed by atoms with van der Waals surface area (Å²) in [6, 6.07) is 10.0. The van der Waals surface area contributed by atoms with E-state index >= 15 is 0 Å². The summed E-state index contributed by atoms with van der Waals surface area (Å²) in [4.78, 5) is 2.93. The molecule has 0 radical (unpaired) electrons. The Hall–Kier alpha value is -2.11. The van der Waals surface area contributed by atoms with Crippen molar-refractivity contribution in [2.75, 3.05) is 0 Å². The summed E-state index contributed by atoms with van der Waals surface area (Å²) >= 11 is 15.5. The molecule has 12 heteroatoms. The lowest BCUT2D eigenvalue weighted by atomic mass is 10.2. The standard InChI is InChI=1S/C20H18BrCl2N5O3S/c1-3-28-19(11(2)27-32(29,30)18-15(22)8-13(21)9-16(18)23)25-26-20(28)31-14-5-4-12-6-7-24-17(12)10-14/h4-11,24,27H,3H2,1-2H3/t11-/m1/s1. The number of nitrogens with zero attached hydrogens (tertiary/aromatic N) is 3. The molecule has 0 spiro atoms. The number of nitrogens with one attached hydrogen (secondary N) is 2. The third-order valence-corrected chi connectivity index (χ3v) is 7.67. The van der Waals surface area contributed by atoms with Crippen LogP contribution in [0.25, 0.3) is 10.9 Å². The van der Waals surface area contributed by atoms with Crippen molar-refractivity contribution >= 4 is 60.1 Å². The van der Waals surface area contributed by atoms with Gasteiger partial charge < -0.3 is 9.72 Å². The van der Waals surface area contributed by atoms with Gasteiger partial charge in [-0.25, -0.2) is 13.1 Å². The highest BCUT2D eigenvalue weighted by atomic mass is 79.9. The van der Waals surface area contributed by atoms with Crippen LogP contribution in [0.15, 0.2) is 52.0 Å². The van der Waals surface area contributed by atoms with Gasteiger partial charge in [0.2, 0.25) is 10.0 Å². The Morgan fingerprint density at radius 3 is 2.59 bits per heavy atom. The van der Waals surface area contributed by atoms with Gasteiger partial charge in [0.15, 0.2) is 5.82 Å². The lowest BCUT2D eigenvalue weighted by Crippen LogP contribution is -2.29. The maximum atomic E-state index is 13.0. The molecule has 0 aliphatic carbocycles. The van der Waals surface area contributed by atoms with Crippen LogP contribution in [0.3, 0.4) is 0 Å². The predicted molar refractivity (Wildman–Crippen MR) is 127 cm³/mol. The fourth-order valence-corrected chi connectivity index (χ4v) is 6.46. The number of aromatic amines is 1. The minimum Gasteiger partial charge on any atom is -0.424 e. The predicted octanol–water partition coefficient (Wildman–Crippen LogP) is 5.68. The number of aromatic nitrogens is 4. The molecule has 0 aliphatic heterocycles. The second-order valence-electron chi connectivity index (χ2n) is 6.96. The van der Waals surface area contributed by atoms with E-state index in [1.54, 1.807) is 11.5 Å². The summed E-state index contributed by atoms with van der Waals surface area (Å²) in [5.74, 6) is 0.964. The topological polar surface area (TPSA) is 102 Å². The van der Waals surface area contributed by atoms with Crippen molar-refractivity contribution in [2.24, 2.45) is 0 Å². The molecular formula is C20H18BrCl2N5O3S. The Morgan fingerprint density at radius 1 is 1.19 bits per heavy atom. The highest BCUT2D eigenvalue weighted by Crippen LogP contribution is 2.34. The van der Waals surface area contributed by atoms with Gasteiger partial charge in [-0.15, -0.1) is 5.10 Å². The van der Waals surface area contributed by atoms with Crippen molar-refractivity contribution in [3.8, 4) is 11.8 Å². The minimum absolute atomic E-state index is 0.00441. The second kappa shape index (κ2) is 9.03. The molecule has 2 heterocycles. The Morgan fingerprint density at radius 2 is 1.91 bits per heavy atom. The lowest BCUT2D eigenvalue weighted by Gasteiger charge is -2.16. The number of hydrogen-bond donors (Lipinski definition) is 2. The molecule has 0 saturated heterocycles. The first-order valence-electron chi connectivity index (χ1n) is 9.54. The molecule has 1 atom stereocenters. The van der Waals surface area contributed by atoms with E-state index in [2.05, 4.69) is 35.8 Å². The van der Waals surface area contributed by atoms with Gasteiger partial charge in [-0.2, -0.15) is 0 Å². The van der Waals surface area contributed by atoms with Gasteiger partial charge in [0.05, 0.1) is 16.1 Å². The molecule has 0 amide bonds. The number of benzene rings is 2. The van der Waals surface area contributed by atoms with Crippen LogP contribution in [-0.2, 0) is 16.6 Å². The molecule has 8 nitrogen and oxygen atoms in total. The number of rotatable bonds is 7. The zero-order valence-electron chi connectivity index (χ0n) is 16.9. The van der Waals surface area contributed by atoms with Gasteiger partial charge in [0.25, 0.3) is 0 Å². The molecular weight excluding hydrogens is 541 g/mol. The van der Waals surface area contributed by atoms with Crippen molar-refractivity contribution in [2.45, 2.75) is 31.3 Å². The van der Waals surface area contributed by atoms with E-state index in [0.29, 0.717) is 22.6 Å². The van der Waals surface area contributed by atoms with Gasteiger partial charge in [0.1, 0.15) is 10.6 Å². The monoisotopic (exact) mass is 557 g/mol. The Labute approximate surface area is 203 Å².